The highest BCUT2D eigenvalue weighted by molar-refractivity contribution is 5.91. The van der Waals surface area contributed by atoms with E-state index in [4.69, 9.17) is 4.74 Å². The van der Waals surface area contributed by atoms with E-state index in [0.717, 1.165) is 38.0 Å². The molecule has 0 aliphatic heterocycles. The normalized spacial score (nSPS) is 15.7. The van der Waals surface area contributed by atoms with E-state index in [0.29, 0.717) is 18.2 Å². The van der Waals surface area contributed by atoms with Gasteiger partial charge in [-0.2, -0.15) is 0 Å². The summed E-state index contributed by atoms with van der Waals surface area (Å²) in [6.07, 6.45) is 8.50. The average Bonchev–Trinajstić information content (AvgIpc) is 2.69. The molecule has 0 radical (unpaired) electrons. The Kier molecular flexibility index (Phi) is 6.76. The van der Waals surface area contributed by atoms with Crippen molar-refractivity contribution >= 4 is 16.7 Å². The molecule has 0 saturated carbocycles. The molecule has 0 fully saturated rings. The molecule has 0 bridgehead atoms. The Morgan fingerprint density at radius 2 is 2.00 bits per heavy atom. The first kappa shape index (κ1) is 19.7. The zero-order chi connectivity index (χ0) is 19.2. The van der Waals surface area contributed by atoms with Crippen LogP contribution in [0.2, 0.25) is 0 Å². The number of carbonyl (C=O) groups excluding carboxylic acids is 1. The fraction of sp³-hybridized carbons (Fsp3) is 0.542. The molecule has 1 aliphatic carbocycles. The molecule has 1 unspecified atom stereocenters. The van der Waals surface area contributed by atoms with Crippen molar-refractivity contribution in [2.45, 2.75) is 58.3 Å². The molecule has 1 aliphatic rings. The molecule has 1 amide bonds. The van der Waals surface area contributed by atoms with Crippen molar-refractivity contribution in [3.05, 3.63) is 41.5 Å². The van der Waals surface area contributed by atoms with Crippen molar-refractivity contribution in [1.82, 2.24) is 4.90 Å². The van der Waals surface area contributed by atoms with Crippen molar-refractivity contribution in [2.75, 3.05) is 20.7 Å². The molecule has 2 aromatic rings. The first-order valence-electron chi connectivity index (χ1n) is 10.5. The number of hydrogen-bond acceptors (Lipinski definition) is 2. The summed E-state index contributed by atoms with van der Waals surface area (Å²) in [6, 6.07) is 10.8. The predicted molar refractivity (Wildman–Crippen MR) is 112 cm³/mol. The van der Waals surface area contributed by atoms with Crippen LogP contribution in [0.25, 0.3) is 10.8 Å². The van der Waals surface area contributed by atoms with Crippen molar-refractivity contribution in [2.24, 2.45) is 5.92 Å². The minimum absolute atomic E-state index is 0.294. The number of amides is 1. The van der Waals surface area contributed by atoms with Gasteiger partial charge in [-0.05, 0) is 54.0 Å². The van der Waals surface area contributed by atoms with E-state index >= 15 is 0 Å². The Hall–Kier alpha value is -2.03. The molecule has 3 heteroatoms. The molecule has 146 valence electrons. The number of benzene rings is 2. The van der Waals surface area contributed by atoms with Gasteiger partial charge in [-0.1, -0.05) is 50.5 Å². The number of nitrogens with zero attached hydrogens (tertiary/aromatic N) is 1. The first-order valence-corrected chi connectivity index (χ1v) is 10.5. The molecule has 0 saturated heterocycles. The predicted octanol–water partition coefficient (Wildman–Crippen LogP) is 5.38. The zero-order valence-corrected chi connectivity index (χ0v) is 17.1. The molecule has 27 heavy (non-hydrogen) atoms. The number of carbonyl (C=O) groups is 1. The van der Waals surface area contributed by atoms with Gasteiger partial charge in [0.05, 0.1) is 7.11 Å². The van der Waals surface area contributed by atoms with Gasteiger partial charge in [-0.3, -0.25) is 4.79 Å². The lowest BCUT2D eigenvalue weighted by atomic mass is 9.80. The maximum atomic E-state index is 12.3. The smallest absolute Gasteiger partial charge is 0.222 e. The number of methoxy groups -OCH3 is 1. The second-order valence-corrected chi connectivity index (χ2v) is 7.95. The van der Waals surface area contributed by atoms with Crippen molar-refractivity contribution in [3.8, 4) is 5.75 Å². The third-order valence-electron chi connectivity index (χ3n) is 5.96. The lowest BCUT2D eigenvalue weighted by Gasteiger charge is -2.28. The fourth-order valence-corrected chi connectivity index (χ4v) is 4.35. The van der Waals surface area contributed by atoms with Crippen LogP contribution < -0.4 is 4.74 Å². The van der Waals surface area contributed by atoms with E-state index in [-0.39, 0.29) is 0 Å². The van der Waals surface area contributed by atoms with Crippen molar-refractivity contribution in [1.29, 1.82) is 0 Å². The quantitative estimate of drug-likeness (QED) is 0.557. The molecule has 0 spiro atoms. The summed E-state index contributed by atoms with van der Waals surface area (Å²) in [5.41, 5.74) is 2.77. The van der Waals surface area contributed by atoms with Gasteiger partial charge in [-0.15, -0.1) is 0 Å². The maximum absolute atomic E-state index is 12.3. The summed E-state index contributed by atoms with van der Waals surface area (Å²) in [5.74, 6) is 1.86. The number of unbranched alkanes of at least 4 members (excludes halogenated alkanes) is 3. The summed E-state index contributed by atoms with van der Waals surface area (Å²) >= 11 is 0. The summed E-state index contributed by atoms with van der Waals surface area (Å²) in [6.45, 7) is 3.05. The lowest BCUT2D eigenvalue weighted by Crippen LogP contribution is -2.30. The van der Waals surface area contributed by atoms with Crippen LogP contribution in [0.3, 0.4) is 0 Å². The SMILES string of the molecule is CCCCCCC(=O)N(C)CCC1Cc2cccc3ccc(OC)c(c23)C1. The molecule has 3 rings (SSSR count). The highest BCUT2D eigenvalue weighted by atomic mass is 16.5. The average molecular weight is 368 g/mol. The highest BCUT2D eigenvalue weighted by Gasteiger charge is 2.24. The Bertz CT molecular complexity index is 783. The van der Waals surface area contributed by atoms with Crippen molar-refractivity contribution in [3.63, 3.8) is 0 Å². The van der Waals surface area contributed by atoms with E-state index in [1.165, 1.54) is 41.2 Å². The second-order valence-electron chi connectivity index (χ2n) is 7.95. The maximum Gasteiger partial charge on any atom is 0.222 e. The first-order chi connectivity index (χ1) is 13.1. The molecule has 0 aromatic heterocycles. The van der Waals surface area contributed by atoms with Crippen molar-refractivity contribution < 1.29 is 9.53 Å². The number of rotatable bonds is 9. The monoisotopic (exact) mass is 367 g/mol. The Morgan fingerprint density at radius 1 is 1.15 bits per heavy atom. The highest BCUT2D eigenvalue weighted by Crippen LogP contribution is 2.38. The lowest BCUT2D eigenvalue weighted by molar-refractivity contribution is -0.130. The van der Waals surface area contributed by atoms with E-state index in [9.17, 15) is 4.79 Å². The second kappa shape index (κ2) is 9.25. The van der Waals surface area contributed by atoms with Gasteiger partial charge in [0.1, 0.15) is 5.75 Å². The van der Waals surface area contributed by atoms with Crippen LogP contribution in [0.1, 0.15) is 56.6 Å². The van der Waals surface area contributed by atoms with Crippen LogP contribution in [0, 0.1) is 5.92 Å². The minimum atomic E-state index is 0.294. The summed E-state index contributed by atoms with van der Waals surface area (Å²) < 4.78 is 5.64. The third kappa shape index (κ3) is 4.63. The molecule has 2 aromatic carbocycles. The van der Waals surface area contributed by atoms with Crippen LogP contribution in [-0.2, 0) is 17.6 Å². The van der Waals surface area contributed by atoms with E-state index in [2.05, 4.69) is 37.3 Å². The van der Waals surface area contributed by atoms with Crippen LogP contribution in [0.5, 0.6) is 5.75 Å². The molecular weight excluding hydrogens is 334 g/mol. The third-order valence-corrected chi connectivity index (χ3v) is 5.96. The van der Waals surface area contributed by atoms with Gasteiger partial charge in [0.2, 0.25) is 5.91 Å². The number of ether oxygens (including phenoxy) is 1. The van der Waals surface area contributed by atoms with E-state index < -0.39 is 0 Å². The standard InChI is InChI=1S/C24H33NO2/c1-4-5-6-7-11-23(26)25(2)15-14-18-16-20-10-8-9-19-12-13-22(27-3)21(17-18)24(19)20/h8-10,12-13,18H,4-7,11,14-17H2,1-3H3. The fourth-order valence-electron chi connectivity index (χ4n) is 4.35. The van der Waals surface area contributed by atoms with Gasteiger partial charge in [-0.25, -0.2) is 0 Å². The molecule has 1 atom stereocenters. The van der Waals surface area contributed by atoms with Crippen LogP contribution in [0.15, 0.2) is 30.3 Å². The van der Waals surface area contributed by atoms with E-state index in [1.807, 2.05) is 11.9 Å². The molecular formula is C24H33NO2. The minimum Gasteiger partial charge on any atom is -0.496 e. The van der Waals surface area contributed by atoms with Gasteiger partial charge in [0.15, 0.2) is 0 Å². The van der Waals surface area contributed by atoms with Crippen LogP contribution in [-0.4, -0.2) is 31.5 Å². The van der Waals surface area contributed by atoms with Gasteiger partial charge < -0.3 is 9.64 Å². The van der Waals surface area contributed by atoms with Gasteiger partial charge in [0.25, 0.3) is 0 Å². The largest absolute Gasteiger partial charge is 0.496 e. The Balaban J connectivity index is 1.60. The van der Waals surface area contributed by atoms with Gasteiger partial charge >= 0.3 is 0 Å². The topological polar surface area (TPSA) is 29.5 Å². The summed E-state index contributed by atoms with van der Waals surface area (Å²) in [5, 5.41) is 2.69. The molecule has 0 N–H and O–H groups in total. The number of hydrogen-bond donors (Lipinski definition) is 0. The van der Waals surface area contributed by atoms with E-state index in [1.54, 1.807) is 7.11 Å². The van der Waals surface area contributed by atoms with Crippen LogP contribution >= 0.6 is 0 Å². The zero-order valence-electron chi connectivity index (χ0n) is 17.1. The Labute approximate surface area is 163 Å². The van der Waals surface area contributed by atoms with Crippen LogP contribution in [0.4, 0.5) is 0 Å². The summed E-state index contributed by atoms with van der Waals surface area (Å²) in [7, 11) is 3.72. The van der Waals surface area contributed by atoms with Gasteiger partial charge in [0, 0.05) is 25.6 Å². The molecule has 3 nitrogen and oxygen atoms in total. The molecule has 0 heterocycles. The Morgan fingerprint density at radius 3 is 2.78 bits per heavy atom. The summed E-state index contributed by atoms with van der Waals surface area (Å²) in [4.78, 5) is 14.3.